The van der Waals surface area contributed by atoms with Gasteiger partial charge in [-0.25, -0.2) is 4.39 Å². The van der Waals surface area contributed by atoms with E-state index in [1.165, 1.54) is 12.1 Å². The van der Waals surface area contributed by atoms with Gasteiger partial charge in [-0.2, -0.15) is 0 Å². The van der Waals surface area contributed by atoms with Crippen molar-refractivity contribution >= 4 is 5.91 Å². The first-order valence-electron chi connectivity index (χ1n) is 8.04. The minimum atomic E-state index is -0.322. The number of carbonyl (C=O) groups excluding carboxylic acids is 1. The van der Waals surface area contributed by atoms with Crippen LogP contribution in [0.25, 0.3) is 0 Å². The van der Waals surface area contributed by atoms with Crippen molar-refractivity contribution in [3.63, 3.8) is 0 Å². The van der Waals surface area contributed by atoms with E-state index in [1.807, 2.05) is 18.9 Å². The topological polar surface area (TPSA) is 50.8 Å². The van der Waals surface area contributed by atoms with Crippen LogP contribution in [0.5, 0.6) is 5.75 Å². The predicted octanol–water partition coefficient (Wildman–Crippen LogP) is 1.82. The first kappa shape index (κ1) is 17.7. The fraction of sp³-hybridized carbons (Fsp3) is 0.588. The number of nitrogens with one attached hydrogen (secondary N) is 1. The lowest BCUT2D eigenvalue weighted by Crippen LogP contribution is -2.46. The summed E-state index contributed by atoms with van der Waals surface area (Å²) >= 11 is 0. The second-order valence-corrected chi connectivity index (χ2v) is 5.84. The fourth-order valence-electron chi connectivity index (χ4n) is 2.43. The van der Waals surface area contributed by atoms with Gasteiger partial charge in [-0.05, 0) is 38.9 Å². The highest BCUT2D eigenvalue weighted by Gasteiger charge is 2.21. The molecule has 1 N–H and O–H groups in total. The molecule has 0 bridgehead atoms. The Hall–Kier alpha value is -1.66. The number of nitrogens with zero attached hydrogens (tertiary/aromatic N) is 1. The van der Waals surface area contributed by atoms with E-state index in [0.717, 1.165) is 19.4 Å². The molecule has 2 rings (SSSR count). The maximum absolute atomic E-state index is 13.0. The molecule has 2 atom stereocenters. The monoisotopic (exact) mass is 324 g/mol. The second kappa shape index (κ2) is 8.84. The molecular formula is C17H25FN2O3. The van der Waals surface area contributed by atoms with Gasteiger partial charge in [0.1, 0.15) is 18.2 Å². The lowest BCUT2D eigenvalue weighted by Gasteiger charge is -2.24. The Labute approximate surface area is 136 Å². The van der Waals surface area contributed by atoms with Gasteiger partial charge in [0.25, 0.3) is 0 Å². The van der Waals surface area contributed by atoms with E-state index in [1.54, 1.807) is 12.1 Å². The van der Waals surface area contributed by atoms with Crippen LogP contribution in [0.15, 0.2) is 24.3 Å². The molecule has 1 heterocycles. The molecule has 0 radical (unpaired) electrons. The maximum atomic E-state index is 13.0. The Morgan fingerprint density at radius 1 is 1.57 bits per heavy atom. The van der Waals surface area contributed by atoms with Gasteiger partial charge in [0, 0.05) is 25.8 Å². The predicted molar refractivity (Wildman–Crippen MR) is 86.0 cm³/mol. The molecule has 0 aliphatic carbocycles. The second-order valence-electron chi connectivity index (χ2n) is 5.84. The standard InChI is InChI=1S/C17H25FN2O3/c1-13(17(21)19-12-16-7-4-9-22-16)20(2)8-10-23-15-6-3-5-14(18)11-15/h3,5-6,11,13,16H,4,7-10,12H2,1-2H3,(H,19,21)/t13-,16-/m1/s1. The number of rotatable bonds is 8. The number of likely N-dealkylation sites (N-methyl/N-ethyl adjacent to an activating group) is 1. The summed E-state index contributed by atoms with van der Waals surface area (Å²) in [4.78, 5) is 14.0. The third-order valence-electron chi connectivity index (χ3n) is 4.08. The highest BCUT2D eigenvalue weighted by molar-refractivity contribution is 5.81. The largest absolute Gasteiger partial charge is 0.492 e. The molecular weight excluding hydrogens is 299 g/mol. The minimum Gasteiger partial charge on any atom is -0.492 e. The van der Waals surface area contributed by atoms with Crippen molar-refractivity contribution in [2.45, 2.75) is 31.9 Å². The molecule has 0 unspecified atom stereocenters. The third-order valence-corrected chi connectivity index (χ3v) is 4.08. The van der Waals surface area contributed by atoms with Crippen LogP contribution >= 0.6 is 0 Å². The van der Waals surface area contributed by atoms with Crippen molar-refractivity contribution < 1.29 is 18.7 Å². The highest BCUT2D eigenvalue weighted by Crippen LogP contribution is 2.12. The summed E-state index contributed by atoms with van der Waals surface area (Å²) in [6.45, 7) is 4.17. The Morgan fingerprint density at radius 3 is 3.09 bits per heavy atom. The van der Waals surface area contributed by atoms with Crippen molar-refractivity contribution in [2.75, 3.05) is 33.4 Å². The quantitative estimate of drug-likeness (QED) is 0.792. The van der Waals surface area contributed by atoms with Gasteiger partial charge in [-0.15, -0.1) is 0 Å². The molecule has 1 fully saturated rings. The Morgan fingerprint density at radius 2 is 2.39 bits per heavy atom. The fourth-order valence-corrected chi connectivity index (χ4v) is 2.43. The van der Waals surface area contributed by atoms with E-state index in [9.17, 15) is 9.18 Å². The molecule has 1 amide bonds. The molecule has 1 saturated heterocycles. The van der Waals surface area contributed by atoms with Crippen LogP contribution in [0, 0.1) is 5.82 Å². The van der Waals surface area contributed by atoms with Crippen molar-refractivity contribution in [3.8, 4) is 5.75 Å². The van der Waals surface area contributed by atoms with Gasteiger partial charge in [0.2, 0.25) is 5.91 Å². The number of ether oxygens (including phenoxy) is 2. The normalized spacial score (nSPS) is 18.9. The third kappa shape index (κ3) is 5.80. The number of hydrogen-bond acceptors (Lipinski definition) is 4. The smallest absolute Gasteiger partial charge is 0.237 e. The van der Waals surface area contributed by atoms with Crippen molar-refractivity contribution in [3.05, 3.63) is 30.1 Å². The van der Waals surface area contributed by atoms with Gasteiger partial charge in [0.05, 0.1) is 12.1 Å². The van der Waals surface area contributed by atoms with E-state index in [-0.39, 0.29) is 23.9 Å². The van der Waals surface area contributed by atoms with Gasteiger partial charge >= 0.3 is 0 Å². The molecule has 0 spiro atoms. The maximum Gasteiger partial charge on any atom is 0.237 e. The van der Waals surface area contributed by atoms with Gasteiger partial charge < -0.3 is 14.8 Å². The van der Waals surface area contributed by atoms with E-state index in [2.05, 4.69) is 5.32 Å². The SMILES string of the molecule is C[C@H](C(=O)NC[C@H]1CCCO1)N(C)CCOc1cccc(F)c1. The van der Waals surface area contributed by atoms with E-state index >= 15 is 0 Å². The van der Waals surface area contributed by atoms with E-state index in [4.69, 9.17) is 9.47 Å². The summed E-state index contributed by atoms with van der Waals surface area (Å²) in [6, 6.07) is 5.78. The summed E-state index contributed by atoms with van der Waals surface area (Å²) in [6.07, 6.45) is 2.21. The molecule has 0 aromatic heterocycles. The zero-order valence-corrected chi connectivity index (χ0v) is 13.8. The molecule has 1 aromatic carbocycles. The summed E-state index contributed by atoms with van der Waals surface area (Å²) in [5.41, 5.74) is 0. The molecule has 128 valence electrons. The molecule has 1 aromatic rings. The number of halogens is 1. The zero-order chi connectivity index (χ0) is 16.7. The van der Waals surface area contributed by atoms with E-state index < -0.39 is 0 Å². The van der Waals surface area contributed by atoms with Crippen LogP contribution in [-0.2, 0) is 9.53 Å². The molecule has 1 aliphatic rings. The van der Waals surface area contributed by atoms with E-state index in [0.29, 0.717) is 25.4 Å². The Kier molecular flexibility index (Phi) is 6.80. The molecule has 0 saturated carbocycles. The van der Waals surface area contributed by atoms with Crippen LogP contribution in [0.1, 0.15) is 19.8 Å². The first-order valence-corrected chi connectivity index (χ1v) is 8.04. The van der Waals surface area contributed by atoms with Gasteiger partial charge in [-0.1, -0.05) is 6.07 Å². The lowest BCUT2D eigenvalue weighted by atomic mass is 10.2. The van der Waals surface area contributed by atoms with Crippen molar-refractivity contribution in [1.29, 1.82) is 0 Å². The van der Waals surface area contributed by atoms with Crippen molar-refractivity contribution in [2.24, 2.45) is 0 Å². The Bertz CT molecular complexity index is 506. The summed E-state index contributed by atoms with van der Waals surface area (Å²) in [5, 5.41) is 2.92. The highest BCUT2D eigenvalue weighted by atomic mass is 19.1. The zero-order valence-electron chi connectivity index (χ0n) is 13.8. The van der Waals surface area contributed by atoms with Gasteiger partial charge in [0.15, 0.2) is 0 Å². The average molecular weight is 324 g/mol. The number of carbonyl (C=O) groups is 1. The summed E-state index contributed by atoms with van der Waals surface area (Å²) < 4.78 is 24.0. The van der Waals surface area contributed by atoms with Gasteiger partial charge in [-0.3, -0.25) is 9.69 Å². The molecule has 23 heavy (non-hydrogen) atoms. The summed E-state index contributed by atoms with van der Waals surface area (Å²) in [5.74, 6) is 0.153. The number of hydrogen-bond donors (Lipinski definition) is 1. The van der Waals surface area contributed by atoms with Crippen LogP contribution in [0.2, 0.25) is 0 Å². The molecule has 6 heteroatoms. The average Bonchev–Trinajstić information content (AvgIpc) is 3.05. The van der Waals surface area contributed by atoms with Crippen LogP contribution in [-0.4, -0.2) is 56.3 Å². The summed E-state index contributed by atoms with van der Waals surface area (Å²) in [7, 11) is 1.87. The lowest BCUT2D eigenvalue weighted by molar-refractivity contribution is -0.126. The number of amides is 1. The molecule has 5 nitrogen and oxygen atoms in total. The minimum absolute atomic E-state index is 0.0197. The van der Waals surface area contributed by atoms with Crippen LogP contribution in [0.4, 0.5) is 4.39 Å². The first-order chi connectivity index (χ1) is 11.1. The van der Waals surface area contributed by atoms with Crippen LogP contribution < -0.4 is 10.1 Å². The Balaban J connectivity index is 1.67. The van der Waals surface area contributed by atoms with Crippen LogP contribution in [0.3, 0.4) is 0 Å². The molecule has 1 aliphatic heterocycles. The van der Waals surface area contributed by atoms with Crippen molar-refractivity contribution in [1.82, 2.24) is 10.2 Å². The number of benzene rings is 1.